The number of fused-ring (bicyclic) bond motifs is 1. The first-order valence-corrected chi connectivity index (χ1v) is 16.2. The lowest BCUT2D eigenvalue weighted by Gasteiger charge is -2.30. The molecule has 0 aromatic heterocycles. The van der Waals surface area contributed by atoms with Crippen molar-refractivity contribution in [2.45, 2.75) is 57.9 Å². The predicted octanol–water partition coefficient (Wildman–Crippen LogP) is 4.55. The number of hydrogen-bond donors (Lipinski definition) is 3. The molecule has 3 aromatic rings. The third-order valence-corrected chi connectivity index (χ3v) is 8.72. The molecule has 0 fully saturated rings. The van der Waals surface area contributed by atoms with Gasteiger partial charge < -0.3 is 16.4 Å². The Kier molecular flexibility index (Phi) is 11.2. The predicted molar refractivity (Wildman–Crippen MR) is 176 cm³/mol. The molecule has 10 heteroatoms. The largest absolute Gasteiger partial charge is 0.368 e. The zero-order chi connectivity index (χ0) is 32.6. The number of hydrogen-bond acceptors (Lipinski definition) is 6. The minimum Gasteiger partial charge on any atom is -0.368 e. The van der Waals surface area contributed by atoms with Crippen LogP contribution in [0.3, 0.4) is 0 Å². The molecule has 2 atom stereocenters. The number of thioether (sulfide) groups is 1. The first kappa shape index (κ1) is 33.5. The summed E-state index contributed by atoms with van der Waals surface area (Å²) < 4.78 is 0. The summed E-state index contributed by atoms with van der Waals surface area (Å²) in [5.41, 5.74) is 9.06. The Labute approximate surface area is 268 Å². The van der Waals surface area contributed by atoms with Gasteiger partial charge in [0.05, 0.1) is 11.1 Å². The molecule has 1 aliphatic heterocycles. The molecule has 236 valence electrons. The van der Waals surface area contributed by atoms with Gasteiger partial charge >= 0.3 is 0 Å². The fraction of sp³-hybridized carbons (Fsp3) is 0.343. The normalized spacial score (nSPS) is 14.1. The standard InChI is InChI=1S/C35H40N4O5S/c1-35(2,3)30(31(36)41)38-32(42)28(22-45-21-23-16-18-25(19-17-23)24-11-5-4-6-12-24)37-29(40)15-9-10-20-39-33(43)26-13-7-8-14-27(26)34(39)44/h4-8,11-14,16-19,28,30H,9-10,15,20-22H2,1-3H3,(H2,36,41)(H,37,40)(H,38,42)/t28-,30?/m0/s1. The number of primary amides is 1. The number of nitrogens with one attached hydrogen (secondary N) is 2. The Hall–Kier alpha value is -4.44. The van der Waals surface area contributed by atoms with Crippen LogP contribution in [0, 0.1) is 5.41 Å². The van der Waals surface area contributed by atoms with Gasteiger partial charge in [0.1, 0.15) is 12.1 Å². The third kappa shape index (κ3) is 8.82. The van der Waals surface area contributed by atoms with E-state index in [2.05, 4.69) is 34.9 Å². The Morgan fingerprint density at radius 1 is 0.800 bits per heavy atom. The number of carbonyl (C=O) groups excluding carboxylic acids is 5. The highest BCUT2D eigenvalue weighted by Crippen LogP contribution is 2.24. The number of nitrogens with two attached hydrogens (primary N) is 1. The summed E-state index contributed by atoms with van der Waals surface area (Å²) in [6, 6.07) is 23.2. The quantitative estimate of drug-likeness (QED) is 0.177. The van der Waals surface area contributed by atoms with Crippen molar-refractivity contribution in [3.05, 3.63) is 95.6 Å². The molecule has 3 aromatic carbocycles. The van der Waals surface area contributed by atoms with E-state index in [1.807, 2.05) is 30.3 Å². The van der Waals surface area contributed by atoms with Crippen LogP contribution in [0.4, 0.5) is 0 Å². The number of rotatable bonds is 14. The van der Waals surface area contributed by atoms with Crippen molar-refractivity contribution in [1.29, 1.82) is 0 Å². The van der Waals surface area contributed by atoms with Crippen molar-refractivity contribution in [1.82, 2.24) is 15.5 Å². The minimum absolute atomic E-state index is 0.108. The van der Waals surface area contributed by atoms with Gasteiger partial charge in [-0.15, -0.1) is 0 Å². The van der Waals surface area contributed by atoms with Crippen LogP contribution in [0.1, 0.15) is 66.3 Å². The Balaban J connectivity index is 1.32. The molecule has 9 nitrogen and oxygen atoms in total. The Morgan fingerprint density at radius 2 is 1.38 bits per heavy atom. The highest BCUT2D eigenvalue weighted by Gasteiger charge is 2.35. The topological polar surface area (TPSA) is 139 Å². The second kappa shape index (κ2) is 15.0. The van der Waals surface area contributed by atoms with Gasteiger partial charge in [-0.2, -0.15) is 11.8 Å². The molecule has 1 heterocycles. The highest BCUT2D eigenvalue weighted by molar-refractivity contribution is 7.98. The van der Waals surface area contributed by atoms with E-state index in [1.165, 1.54) is 16.7 Å². The summed E-state index contributed by atoms with van der Waals surface area (Å²) in [4.78, 5) is 64.8. The van der Waals surface area contributed by atoms with Crippen LogP contribution >= 0.6 is 11.8 Å². The maximum atomic E-state index is 13.3. The number of imide groups is 1. The van der Waals surface area contributed by atoms with Gasteiger partial charge in [-0.3, -0.25) is 28.9 Å². The SMILES string of the molecule is CC(C)(C)C(NC(=O)[C@H](CSCc1ccc(-c2ccccc2)cc1)NC(=O)CCCCN1C(=O)c2ccccc2C1=O)C(N)=O. The molecule has 1 unspecified atom stereocenters. The first-order valence-electron chi connectivity index (χ1n) is 15.0. The zero-order valence-electron chi connectivity index (χ0n) is 25.9. The zero-order valence-corrected chi connectivity index (χ0v) is 26.7. The van der Waals surface area contributed by atoms with Gasteiger partial charge in [-0.05, 0) is 47.1 Å². The van der Waals surface area contributed by atoms with Crippen LogP contribution in [0.15, 0.2) is 78.9 Å². The highest BCUT2D eigenvalue weighted by atomic mass is 32.2. The average Bonchev–Trinajstić information content (AvgIpc) is 3.26. The van der Waals surface area contributed by atoms with Gasteiger partial charge in [-0.1, -0.05) is 87.5 Å². The van der Waals surface area contributed by atoms with Crippen LogP contribution < -0.4 is 16.4 Å². The van der Waals surface area contributed by atoms with Crippen molar-refractivity contribution in [3.8, 4) is 11.1 Å². The molecule has 5 amide bonds. The van der Waals surface area contributed by atoms with Gasteiger partial charge in [0.15, 0.2) is 0 Å². The Bertz CT molecular complexity index is 1500. The van der Waals surface area contributed by atoms with Crippen LogP contribution in [0.2, 0.25) is 0 Å². The number of unbranched alkanes of at least 4 members (excludes halogenated alkanes) is 1. The Morgan fingerprint density at radius 3 is 1.96 bits per heavy atom. The van der Waals surface area contributed by atoms with E-state index >= 15 is 0 Å². The summed E-state index contributed by atoms with van der Waals surface area (Å²) in [6.45, 7) is 5.61. The molecule has 0 bridgehead atoms. The van der Waals surface area contributed by atoms with Crippen LogP contribution in [-0.4, -0.2) is 58.8 Å². The molecule has 0 saturated carbocycles. The summed E-state index contributed by atoms with van der Waals surface area (Å²) in [7, 11) is 0. The lowest BCUT2D eigenvalue weighted by molar-refractivity contribution is -0.132. The molecule has 0 aliphatic carbocycles. The van der Waals surface area contributed by atoms with Crippen molar-refractivity contribution >= 4 is 41.3 Å². The average molecular weight is 629 g/mol. The van der Waals surface area contributed by atoms with Gasteiger partial charge in [0.25, 0.3) is 11.8 Å². The van der Waals surface area contributed by atoms with Crippen molar-refractivity contribution in [2.75, 3.05) is 12.3 Å². The van der Waals surface area contributed by atoms with Crippen LogP contribution in [-0.2, 0) is 20.1 Å². The van der Waals surface area contributed by atoms with E-state index in [1.54, 1.807) is 45.0 Å². The molecule has 0 spiro atoms. The molecule has 0 radical (unpaired) electrons. The molecule has 4 N–H and O–H groups in total. The minimum atomic E-state index is -0.917. The summed E-state index contributed by atoms with van der Waals surface area (Å²) in [5, 5.41) is 5.55. The second-order valence-corrected chi connectivity index (χ2v) is 13.2. The number of carbonyl (C=O) groups is 5. The van der Waals surface area contributed by atoms with E-state index in [0.717, 1.165) is 16.7 Å². The molecule has 1 aliphatic rings. The van der Waals surface area contributed by atoms with Crippen molar-refractivity contribution in [2.24, 2.45) is 11.1 Å². The third-order valence-electron chi connectivity index (χ3n) is 7.62. The van der Waals surface area contributed by atoms with E-state index in [4.69, 9.17) is 5.73 Å². The smallest absolute Gasteiger partial charge is 0.261 e. The number of benzene rings is 3. The maximum Gasteiger partial charge on any atom is 0.261 e. The number of nitrogens with zero attached hydrogens (tertiary/aromatic N) is 1. The lowest BCUT2D eigenvalue weighted by atomic mass is 9.86. The molecule has 45 heavy (non-hydrogen) atoms. The monoisotopic (exact) mass is 628 g/mol. The fourth-order valence-electron chi connectivity index (χ4n) is 5.12. The van der Waals surface area contributed by atoms with E-state index in [0.29, 0.717) is 29.7 Å². The van der Waals surface area contributed by atoms with Gasteiger partial charge in [0, 0.05) is 24.5 Å². The van der Waals surface area contributed by atoms with E-state index < -0.39 is 29.3 Å². The van der Waals surface area contributed by atoms with E-state index in [-0.39, 0.29) is 36.4 Å². The fourth-order valence-corrected chi connectivity index (χ4v) is 6.14. The lowest BCUT2D eigenvalue weighted by Crippen LogP contribution is -2.57. The summed E-state index contributed by atoms with van der Waals surface area (Å²) in [6.07, 6.45) is 0.967. The summed E-state index contributed by atoms with van der Waals surface area (Å²) in [5.74, 6) is -1.23. The molecular formula is C35H40N4O5S. The summed E-state index contributed by atoms with van der Waals surface area (Å²) >= 11 is 1.50. The van der Waals surface area contributed by atoms with E-state index in [9.17, 15) is 24.0 Å². The second-order valence-electron chi connectivity index (χ2n) is 12.2. The molecule has 4 rings (SSSR count). The van der Waals surface area contributed by atoms with Crippen molar-refractivity contribution < 1.29 is 24.0 Å². The van der Waals surface area contributed by atoms with Crippen LogP contribution in [0.25, 0.3) is 11.1 Å². The molecule has 0 saturated heterocycles. The van der Waals surface area contributed by atoms with Crippen molar-refractivity contribution in [3.63, 3.8) is 0 Å². The maximum absolute atomic E-state index is 13.3. The van der Waals surface area contributed by atoms with Crippen LogP contribution in [0.5, 0.6) is 0 Å². The number of amides is 5. The van der Waals surface area contributed by atoms with Gasteiger partial charge in [-0.25, -0.2) is 0 Å². The van der Waals surface area contributed by atoms with Gasteiger partial charge in [0.2, 0.25) is 17.7 Å². The first-order chi connectivity index (χ1) is 21.5. The molecular weight excluding hydrogens is 588 g/mol.